The highest BCUT2D eigenvalue weighted by Crippen LogP contribution is 2.17. The van der Waals surface area contributed by atoms with Gasteiger partial charge in [0.1, 0.15) is 5.58 Å². The van der Waals surface area contributed by atoms with Crippen LogP contribution in [0.3, 0.4) is 0 Å². The molecular formula is C10H7ClO4S. The molecule has 4 nitrogen and oxygen atoms in total. The lowest BCUT2D eigenvalue weighted by molar-refractivity contribution is 0.561. The van der Waals surface area contributed by atoms with Crippen LogP contribution < -0.4 is 5.63 Å². The molecule has 84 valence electrons. The van der Waals surface area contributed by atoms with Gasteiger partial charge in [-0.05, 0) is 23.8 Å². The molecule has 0 atom stereocenters. The summed E-state index contributed by atoms with van der Waals surface area (Å²) in [6, 6.07) is 7.59. The number of hydrogen-bond acceptors (Lipinski definition) is 4. The first kappa shape index (κ1) is 11.2. The lowest BCUT2D eigenvalue weighted by Crippen LogP contribution is -1.97. The second-order valence-electron chi connectivity index (χ2n) is 3.31. The molecule has 0 amide bonds. The first-order valence-electron chi connectivity index (χ1n) is 4.39. The molecule has 1 heterocycles. The highest BCUT2D eigenvalue weighted by molar-refractivity contribution is 8.13. The SMILES string of the molecule is O=c1ccc2cc(CS(=O)(=O)Cl)ccc2o1. The maximum absolute atomic E-state index is 10.9. The summed E-state index contributed by atoms with van der Waals surface area (Å²) in [4.78, 5) is 10.9. The van der Waals surface area contributed by atoms with E-state index in [-0.39, 0.29) is 5.75 Å². The third-order valence-electron chi connectivity index (χ3n) is 2.02. The minimum Gasteiger partial charge on any atom is -0.423 e. The van der Waals surface area contributed by atoms with E-state index in [0.29, 0.717) is 16.5 Å². The molecule has 2 rings (SSSR count). The van der Waals surface area contributed by atoms with Crippen molar-refractivity contribution in [2.45, 2.75) is 5.75 Å². The van der Waals surface area contributed by atoms with Gasteiger partial charge in [0.05, 0.1) is 5.75 Å². The van der Waals surface area contributed by atoms with Crippen molar-refractivity contribution in [2.75, 3.05) is 0 Å². The van der Waals surface area contributed by atoms with Crippen molar-refractivity contribution in [3.63, 3.8) is 0 Å². The van der Waals surface area contributed by atoms with Crippen LogP contribution in [0.5, 0.6) is 0 Å². The average molecular weight is 259 g/mol. The van der Waals surface area contributed by atoms with Crippen LogP contribution in [0.25, 0.3) is 11.0 Å². The Hall–Kier alpha value is -1.33. The second kappa shape index (κ2) is 3.92. The molecule has 0 aliphatic carbocycles. The van der Waals surface area contributed by atoms with Crippen LogP contribution >= 0.6 is 10.7 Å². The van der Waals surface area contributed by atoms with Crippen LogP contribution in [0.2, 0.25) is 0 Å². The van der Waals surface area contributed by atoms with E-state index in [1.165, 1.54) is 6.07 Å². The number of hydrogen-bond donors (Lipinski definition) is 0. The van der Waals surface area contributed by atoms with Crippen molar-refractivity contribution in [1.29, 1.82) is 0 Å². The zero-order valence-electron chi connectivity index (χ0n) is 8.01. The van der Waals surface area contributed by atoms with Crippen molar-refractivity contribution < 1.29 is 12.8 Å². The predicted octanol–water partition coefficient (Wildman–Crippen LogP) is 1.86. The van der Waals surface area contributed by atoms with Crippen molar-refractivity contribution >= 4 is 30.7 Å². The lowest BCUT2D eigenvalue weighted by atomic mass is 10.2. The van der Waals surface area contributed by atoms with Gasteiger partial charge in [-0.3, -0.25) is 0 Å². The number of benzene rings is 1. The molecular weight excluding hydrogens is 252 g/mol. The molecule has 0 saturated heterocycles. The zero-order valence-corrected chi connectivity index (χ0v) is 9.59. The fourth-order valence-corrected chi connectivity index (χ4v) is 2.37. The fourth-order valence-electron chi connectivity index (χ4n) is 1.41. The minimum atomic E-state index is -3.57. The highest BCUT2D eigenvalue weighted by Gasteiger charge is 2.08. The number of halogens is 1. The quantitative estimate of drug-likeness (QED) is 0.609. The minimum absolute atomic E-state index is 0.246. The van der Waals surface area contributed by atoms with E-state index in [2.05, 4.69) is 0 Å². The summed E-state index contributed by atoms with van der Waals surface area (Å²) in [5.41, 5.74) is 0.532. The summed E-state index contributed by atoms with van der Waals surface area (Å²) >= 11 is 0. The van der Waals surface area contributed by atoms with Crippen molar-refractivity contribution in [3.05, 3.63) is 46.3 Å². The van der Waals surface area contributed by atoms with E-state index >= 15 is 0 Å². The van der Waals surface area contributed by atoms with Gasteiger partial charge >= 0.3 is 5.63 Å². The van der Waals surface area contributed by atoms with E-state index < -0.39 is 14.7 Å². The highest BCUT2D eigenvalue weighted by atomic mass is 35.7. The Labute approximate surface area is 95.9 Å². The van der Waals surface area contributed by atoms with Crippen LogP contribution in [0.15, 0.2) is 39.5 Å². The maximum atomic E-state index is 10.9. The summed E-state index contributed by atoms with van der Waals surface area (Å²) in [5.74, 6) is -0.246. The Morgan fingerprint density at radius 1 is 1.19 bits per heavy atom. The standard InChI is InChI=1S/C10H7ClO4S/c11-16(13,14)6-7-1-3-9-8(5-7)2-4-10(12)15-9/h1-5H,6H2. The van der Waals surface area contributed by atoms with Crippen LogP contribution in [-0.4, -0.2) is 8.42 Å². The summed E-state index contributed by atoms with van der Waals surface area (Å²) in [6.07, 6.45) is 0. The molecule has 6 heteroatoms. The van der Waals surface area contributed by atoms with Crippen LogP contribution in [0, 0.1) is 0 Å². The summed E-state index contributed by atoms with van der Waals surface area (Å²) in [6.45, 7) is 0. The summed E-state index contributed by atoms with van der Waals surface area (Å²) in [5, 5.41) is 0.664. The van der Waals surface area contributed by atoms with Gasteiger partial charge in [-0.2, -0.15) is 0 Å². The third kappa shape index (κ3) is 2.62. The second-order valence-corrected chi connectivity index (χ2v) is 6.09. The van der Waals surface area contributed by atoms with Gasteiger partial charge < -0.3 is 4.42 Å². The Balaban J connectivity index is 2.53. The van der Waals surface area contributed by atoms with Gasteiger partial charge in [0.2, 0.25) is 9.05 Å². The largest absolute Gasteiger partial charge is 0.423 e. The molecule has 0 N–H and O–H groups in total. The molecule has 0 fully saturated rings. The van der Waals surface area contributed by atoms with E-state index in [0.717, 1.165) is 0 Å². The van der Waals surface area contributed by atoms with Crippen LogP contribution in [-0.2, 0) is 14.8 Å². The van der Waals surface area contributed by atoms with Gasteiger partial charge in [-0.15, -0.1) is 0 Å². The van der Waals surface area contributed by atoms with Crippen molar-refractivity contribution in [2.24, 2.45) is 0 Å². The van der Waals surface area contributed by atoms with E-state index in [4.69, 9.17) is 15.1 Å². The van der Waals surface area contributed by atoms with E-state index in [1.807, 2.05) is 0 Å². The van der Waals surface area contributed by atoms with Crippen molar-refractivity contribution in [3.8, 4) is 0 Å². The maximum Gasteiger partial charge on any atom is 0.336 e. The van der Waals surface area contributed by atoms with E-state index in [1.54, 1.807) is 24.3 Å². The first-order chi connectivity index (χ1) is 7.44. The molecule has 0 unspecified atom stereocenters. The zero-order chi connectivity index (χ0) is 11.8. The Kier molecular flexibility index (Phi) is 2.73. The Morgan fingerprint density at radius 3 is 2.62 bits per heavy atom. The molecule has 16 heavy (non-hydrogen) atoms. The van der Waals surface area contributed by atoms with Gasteiger partial charge in [0, 0.05) is 22.1 Å². The lowest BCUT2D eigenvalue weighted by Gasteiger charge is -2.00. The van der Waals surface area contributed by atoms with Gasteiger partial charge in [-0.1, -0.05) is 6.07 Å². The fraction of sp³-hybridized carbons (Fsp3) is 0.100. The monoisotopic (exact) mass is 258 g/mol. The van der Waals surface area contributed by atoms with Crippen LogP contribution in [0.4, 0.5) is 0 Å². The Bertz CT molecular complexity index is 687. The summed E-state index contributed by atoms with van der Waals surface area (Å²) in [7, 11) is 1.57. The molecule has 0 radical (unpaired) electrons. The topological polar surface area (TPSA) is 64.3 Å². The molecule has 0 bridgehead atoms. The number of fused-ring (bicyclic) bond motifs is 1. The molecule has 0 saturated carbocycles. The molecule has 1 aromatic heterocycles. The predicted molar refractivity (Wildman–Crippen MR) is 61.0 cm³/mol. The third-order valence-corrected chi connectivity index (χ3v) is 3.03. The van der Waals surface area contributed by atoms with Gasteiger partial charge in [0.15, 0.2) is 0 Å². The average Bonchev–Trinajstić information content (AvgIpc) is 2.16. The van der Waals surface area contributed by atoms with Gasteiger partial charge in [-0.25, -0.2) is 13.2 Å². The van der Waals surface area contributed by atoms with Crippen molar-refractivity contribution in [1.82, 2.24) is 0 Å². The molecule has 0 aliphatic rings. The summed E-state index contributed by atoms with van der Waals surface area (Å²) < 4.78 is 26.7. The Morgan fingerprint density at radius 2 is 1.94 bits per heavy atom. The normalized spacial score (nSPS) is 11.8. The molecule has 1 aromatic carbocycles. The van der Waals surface area contributed by atoms with E-state index in [9.17, 15) is 13.2 Å². The van der Waals surface area contributed by atoms with Crippen LogP contribution in [0.1, 0.15) is 5.56 Å². The smallest absolute Gasteiger partial charge is 0.336 e. The molecule has 2 aromatic rings. The molecule has 0 aliphatic heterocycles. The van der Waals surface area contributed by atoms with Gasteiger partial charge in [0.25, 0.3) is 0 Å². The first-order valence-corrected chi connectivity index (χ1v) is 6.87. The molecule has 0 spiro atoms. The number of rotatable bonds is 2.